The Morgan fingerprint density at radius 3 is 3.00 bits per heavy atom. The first kappa shape index (κ1) is 15.6. The molecule has 0 unspecified atom stereocenters. The highest BCUT2D eigenvalue weighted by Gasteiger charge is 2.23. The van der Waals surface area contributed by atoms with Gasteiger partial charge in [0.1, 0.15) is 5.75 Å². The van der Waals surface area contributed by atoms with Gasteiger partial charge >= 0.3 is 5.97 Å². The number of rotatable bonds is 3. The molecule has 0 aliphatic carbocycles. The van der Waals surface area contributed by atoms with Gasteiger partial charge in [0.05, 0.1) is 19.4 Å². The molecule has 25 heavy (non-hydrogen) atoms. The van der Waals surface area contributed by atoms with Gasteiger partial charge in [-0.3, -0.25) is 0 Å². The normalized spacial score (nSPS) is 12.5. The molecule has 3 heterocycles. The lowest BCUT2D eigenvalue weighted by molar-refractivity contribution is 0.0696. The van der Waals surface area contributed by atoms with Crippen molar-refractivity contribution in [3.63, 3.8) is 0 Å². The van der Waals surface area contributed by atoms with E-state index in [0.717, 1.165) is 21.6 Å². The number of aromatic carboxylic acids is 1. The predicted octanol–water partition coefficient (Wildman–Crippen LogP) is 3.51. The predicted molar refractivity (Wildman–Crippen MR) is 93.5 cm³/mol. The number of aromatic nitrogens is 2. The van der Waals surface area contributed by atoms with Crippen molar-refractivity contribution in [3.8, 4) is 34.0 Å². The summed E-state index contributed by atoms with van der Waals surface area (Å²) >= 11 is 1.20. The van der Waals surface area contributed by atoms with E-state index in [1.54, 1.807) is 13.3 Å². The van der Waals surface area contributed by atoms with Gasteiger partial charge < -0.3 is 14.6 Å². The molecule has 0 atom stereocenters. The summed E-state index contributed by atoms with van der Waals surface area (Å²) in [6, 6.07) is 9.54. The van der Waals surface area contributed by atoms with Crippen LogP contribution in [0.3, 0.4) is 0 Å². The number of pyridine rings is 1. The van der Waals surface area contributed by atoms with Crippen LogP contribution in [0.15, 0.2) is 36.5 Å². The highest BCUT2D eigenvalue weighted by atomic mass is 32.1. The molecule has 2 aromatic heterocycles. The van der Waals surface area contributed by atoms with Crippen LogP contribution < -0.4 is 9.47 Å². The Hall–Kier alpha value is -2.93. The molecule has 0 radical (unpaired) electrons. The summed E-state index contributed by atoms with van der Waals surface area (Å²) in [5, 5.41) is 9.34. The number of nitrogens with zero attached hydrogens (tertiary/aromatic N) is 2. The van der Waals surface area contributed by atoms with Crippen LogP contribution in [0.2, 0.25) is 0 Å². The third-order valence-corrected chi connectivity index (χ3v) is 5.08. The van der Waals surface area contributed by atoms with Crippen molar-refractivity contribution < 1.29 is 19.4 Å². The number of methoxy groups -OCH3 is 1. The standard InChI is InChI=1S/C18H14N2O4S/c1-23-16-11(3-2-7-19-16)10-4-5-13-12(9-10)15-14(6-8-24-13)25-17(20-15)18(21)22/h2-5,7,9H,6,8H2,1H3,(H,21,22). The number of carboxylic acid groups (broad SMARTS) is 1. The van der Waals surface area contributed by atoms with Crippen molar-refractivity contribution in [1.82, 2.24) is 9.97 Å². The monoisotopic (exact) mass is 354 g/mol. The van der Waals surface area contributed by atoms with Gasteiger partial charge in [0, 0.05) is 28.6 Å². The van der Waals surface area contributed by atoms with Crippen LogP contribution in [0.1, 0.15) is 14.7 Å². The van der Waals surface area contributed by atoms with Crippen LogP contribution in [0.5, 0.6) is 11.6 Å². The van der Waals surface area contributed by atoms with E-state index < -0.39 is 5.97 Å². The first-order valence-corrected chi connectivity index (χ1v) is 8.48. The summed E-state index contributed by atoms with van der Waals surface area (Å²) in [5.74, 6) is 0.222. The molecule has 7 heteroatoms. The van der Waals surface area contributed by atoms with Crippen molar-refractivity contribution in [2.24, 2.45) is 0 Å². The minimum absolute atomic E-state index is 0.0993. The zero-order valence-corrected chi connectivity index (χ0v) is 14.2. The number of hydrogen-bond donors (Lipinski definition) is 1. The number of benzene rings is 1. The summed E-state index contributed by atoms with van der Waals surface area (Å²) in [7, 11) is 1.58. The number of carboxylic acids is 1. The minimum atomic E-state index is -1.01. The summed E-state index contributed by atoms with van der Waals surface area (Å²) in [4.78, 5) is 20.8. The van der Waals surface area contributed by atoms with Gasteiger partial charge in [-0.2, -0.15) is 0 Å². The van der Waals surface area contributed by atoms with Crippen molar-refractivity contribution in [2.75, 3.05) is 13.7 Å². The molecule has 0 spiro atoms. The average molecular weight is 354 g/mol. The van der Waals surface area contributed by atoms with Gasteiger partial charge in [-0.1, -0.05) is 6.07 Å². The Bertz CT molecular complexity index is 967. The molecule has 0 fully saturated rings. The molecule has 0 saturated carbocycles. The van der Waals surface area contributed by atoms with Gasteiger partial charge in [-0.15, -0.1) is 11.3 Å². The lowest BCUT2D eigenvalue weighted by Crippen LogP contribution is -1.98. The molecule has 1 aliphatic rings. The smallest absolute Gasteiger partial charge is 0.365 e. The van der Waals surface area contributed by atoms with Crippen LogP contribution in [-0.2, 0) is 6.42 Å². The van der Waals surface area contributed by atoms with Crippen LogP contribution in [-0.4, -0.2) is 34.8 Å². The number of ether oxygens (including phenoxy) is 2. The molecular weight excluding hydrogens is 340 g/mol. The molecule has 1 aliphatic heterocycles. The minimum Gasteiger partial charge on any atom is -0.493 e. The molecule has 1 N–H and O–H groups in total. The first-order valence-electron chi connectivity index (χ1n) is 7.67. The number of fused-ring (bicyclic) bond motifs is 3. The van der Waals surface area contributed by atoms with E-state index in [1.165, 1.54) is 11.3 Å². The highest BCUT2D eigenvalue weighted by Crippen LogP contribution is 2.40. The third-order valence-electron chi connectivity index (χ3n) is 3.98. The summed E-state index contributed by atoms with van der Waals surface area (Å²) in [6.45, 7) is 0.497. The lowest BCUT2D eigenvalue weighted by Gasteiger charge is -2.11. The molecule has 6 nitrogen and oxygen atoms in total. The highest BCUT2D eigenvalue weighted by molar-refractivity contribution is 7.14. The average Bonchev–Trinajstić information content (AvgIpc) is 2.99. The van der Waals surface area contributed by atoms with E-state index >= 15 is 0 Å². The van der Waals surface area contributed by atoms with E-state index in [9.17, 15) is 9.90 Å². The second-order valence-corrected chi connectivity index (χ2v) is 6.55. The molecule has 126 valence electrons. The van der Waals surface area contributed by atoms with Crippen LogP contribution in [0, 0.1) is 0 Å². The quantitative estimate of drug-likeness (QED) is 0.775. The molecule has 0 bridgehead atoms. The first-order chi connectivity index (χ1) is 12.2. The number of hydrogen-bond acceptors (Lipinski definition) is 6. The molecule has 0 amide bonds. The zero-order chi connectivity index (χ0) is 17.4. The van der Waals surface area contributed by atoms with Crippen molar-refractivity contribution in [2.45, 2.75) is 6.42 Å². The summed E-state index contributed by atoms with van der Waals surface area (Å²) < 4.78 is 11.1. The number of carbonyl (C=O) groups is 1. The van der Waals surface area contributed by atoms with Crippen molar-refractivity contribution >= 4 is 17.3 Å². The topological polar surface area (TPSA) is 81.5 Å². The van der Waals surface area contributed by atoms with Gasteiger partial charge in [0.25, 0.3) is 0 Å². The van der Waals surface area contributed by atoms with E-state index in [0.29, 0.717) is 30.4 Å². The van der Waals surface area contributed by atoms with E-state index in [1.807, 2.05) is 30.3 Å². The molecule has 3 aromatic rings. The Labute approximate surface area is 147 Å². The van der Waals surface area contributed by atoms with Gasteiger partial charge in [-0.05, 0) is 29.8 Å². The summed E-state index contributed by atoms with van der Waals surface area (Å²) in [5.41, 5.74) is 3.23. The molecule has 4 rings (SSSR count). The Morgan fingerprint density at radius 2 is 2.20 bits per heavy atom. The van der Waals surface area contributed by atoms with E-state index in [-0.39, 0.29) is 5.01 Å². The van der Waals surface area contributed by atoms with E-state index in [4.69, 9.17) is 9.47 Å². The molecule has 1 aromatic carbocycles. The maximum absolute atomic E-state index is 11.3. The van der Waals surface area contributed by atoms with Crippen LogP contribution in [0.25, 0.3) is 22.4 Å². The van der Waals surface area contributed by atoms with Gasteiger partial charge in [0.2, 0.25) is 10.9 Å². The Balaban J connectivity index is 1.89. The van der Waals surface area contributed by atoms with Gasteiger partial charge in [0.15, 0.2) is 0 Å². The second kappa shape index (κ2) is 6.18. The zero-order valence-electron chi connectivity index (χ0n) is 13.4. The second-order valence-electron chi connectivity index (χ2n) is 5.47. The SMILES string of the molecule is COc1ncccc1-c1ccc2c(c1)-c1nc(C(=O)O)sc1CCO2. The third kappa shape index (κ3) is 2.72. The Kier molecular flexibility index (Phi) is 3.85. The fraction of sp³-hybridized carbons (Fsp3) is 0.167. The van der Waals surface area contributed by atoms with E-state index in [2.05, 4.69) is 9.97 Å². The van der Waals surface area contributed by atoms with Gasteiger partial charge in [-0.25, -0.2) is 14.8 Å². The fourth-order valence-electron chi connectivity index (χ4n) is 2.86. The van der Waals surface area contributed by atoms with Crippen LogP contribution in [0.4, 0.5) is 0 Å². The Morgan fingerprint density at radius 1 is 1.32 bits per heavy atom. The number of thiazole rings is 1. The summed E-state index contributed by atoms with van der Waals surface area (Å²) in [6.07, 6.45) is 2.31. The molecular formula is C18H14N2O4S. The van der Waals surface area contributed by atoms with Crippen molar-refractivity contribution in [3.05, 3.63) is 46.4 Å². The maximum Gasteiger partial charge on any atom is 0.365 e. The fourth-order valence-corrected chi connectivity index (χ4v) is 3.75. The lowest BCUT2D eigenvalue weighted by atomic mass is 10.0. The maximum atomic E-state index is 11.3. The molecule has 0 saturated heterocycles. The largest absolute Gasteiger partial charge is 0.493 e. The van der Waals surface area contributed by atoms with Crippen LogP contribution >= 0.6 is 11.3 Å². The van der Waals surface area contributed by atoms with Crippen molar-refractivity contribution in [1.29, 1.82) is 0 Å².